The van der Waals surface area contributed by atoms with Crippen LogP contribution in [0.25, 0.3) is 0 Å². The van der Waals surface area contributed by atoms with Crippen molar-refractivity contribution in [1.29, 1.82) is 0 Å². The van der Waals surface area contributed by atoms with Crippen molar-refractivity contribution in [2.75, 3.05) is 17.5 Å². The van der Waals surface area contributed by atoms with Crippen LogP contribution < -0.4 is 4.31 Å². The Hall–Kier alpha value is -3.39. The second kappa shape index (κ2) is 8.27. The predicted octanol–water partition coefficient (Wildman–Crippen LogP) is 3.43. The van der Waals surface area contributed by atoms with Crippen molar-refractivity contribution in [3.05, 3.63) is 82.7 Å². The van der Waals surface area contributed by atoms with E-state index in [0.717, 1.165) is 17.0 Å². The van der Waals surface area contributed by atoms with Gasteiger partial charge in [-0.25, -0.2) is 13.2 Å². The summed E-state index contributed by atoms with van der Waals surface area (Å²) in [7, 11) is -1.97. The van der Waals surface area contributed by atoms with E-state index in [1.54, 1.807) is 18.2 Å². The highest BCUT2D eigenvalue weighted by Crippen LogP contribution is 2.32. The van der Waals surface area contributed by atoms with Gasteiger partial charge in [0.25, 0.3) is 10.0 Å². The topological polar surface area (TPSA) is 85.7 Å². The molecule has 4 rings (SSSR count). The molecule has 7 nitrogen and oxygen atoms in total. The van der Waals surface area contributed by atoms with Gasteiger partial charge in [-0.1, -0.05) is 24.3 Å². The van der Waals surface area contributed by atoms with Crippen molar-refractivity contribution in [1.82, 2.24) is 4.57 Å². The van der Waals surface area contributed by atoms with Crippen LogP contribution in [0.1, 0.15) is 37.7 Å². The number of para-hydroxylation sites is 1. The molecule has 166 valence electrons. The van der Waals surface area contributed by atoms with Crippen LogP contribution >= 0.6 is 0 Å². The normalized spacial score (nSPS) is 13.2. The summed E-state index contributed by atoms with van der Waals surface area (Å²) in [6.45, 7) is 3.65. The lowest BCUT2D eigenvalue weighted by molar-refractivity contribution is 0.0474. The first-order chi connectivity index (χ1) is 15.2. The highest BCUT2D eigenvalue weighted by atomic mass is 32.2. The summed E-state index contributed by atoms with van der Waals surface area (Å²) in [6.07, 6.45) is 0.637. The number of hydrogen-bond donors (Lipinski definition) is 0. The summed E-state index contributed by atoms with van der Waals surface area (Å²) in [5, 5.41) is 0. The molecular weight excluding hydrogens is 428 g/mol. The van der Waals surface area contributed by atoms with E-state index in [4.69, 9.17) is 4.74 Å². The van der Waals surface area contributed by atoms with Gasteiger partial charge in [-0.05, 0) is 56.2 Å². The van der Waals surface area contributed by atoms with Gasteiger partial charge in [0, 0.05) is 30.5 Å². The maximum absolute atomic E-state index is 13.2. The number of benzene rings is 2. The van der Waals surface area contributed by atoms with Crippen LogP contribution in [-0.4, -0.2) is 37.9 Å². The Labute approximate surface area is 187 Å². The summed E-state index contributed by atoms with van der Waals surface area (Å²) in [4.78, 5) is 25.0. The molecular formula is C24H24N2O5S. The Kier molecular flexibility index (Phi) is 5.64. The first-order valence-corrected chi connectivity index (χ1v) is 11.7. The van der Waals surface area contributed by atoms with Crippen molar-refractivity contribution >= 4 is 27.5 Å². The standard InChI is InChI=1S/C24H24N2O5S/c1-16-13-21(17(2)25(16)3)23(27)15-31-24(28)19-8-6-9-20(14-19)32(29,30)26-12-11-18-7-4-5-10-22(18)26/h4-10,13-14H,11-12,15H2,1-3H3. The van der Waals surface area contributed by atoms with Gasteiger partial charge in [0.15, 0.2) is 6.61 Å². The maximum atomic E-state index is 13.2. The number of sulfonamides is 1. The fraction of sp³-hybridized carbons (Fsp3) is 0.250. The van der Waals surface area contributed by atoms with Gasteiger partial charge < -0.3 is 9.30 Å². The van der Waals surface area contributed by atoms with Crippen LogP contribution in [0.3, 0.4) is 0 Å². The molecule has 3 aromatic rings. The number of carbonyl (C=O) groups is 2. The monoisotopic (exact) mass is 452 g/mol. The number of Topliss-reactive ketones (excluding diaryl/α,β-unsaturated/α-hetero) is 1. The Morgan fingerprint density at radius 2 is 1.78 bits per heavy atom. The number of fused-ring (bicyclic) bond motifs is 1. The van der Waals surface area contributed by atoms with Gasteiger partial charge >= 0.3 is 5.97 Å². The summed E-state index contributed by atoms with van der Waals surface area (Å²) in [5.41, 5.74) is 3.92. The largest absolute Gasteiger partial charge is 0.454 e. The molecule has 0 radical (unpaired) electrons. The molecule has 1 aromatic heterocycles. The number of ketones is 1. The fourth-order valence-electron chi connectivity index (χ4n) is 3.90. The highest BCUT2D eigenvalue weighted by Gasteiger charge is 2.31. The average Bonchev–Trinajstić information content (AvgIpc) is 3.34. The summed E-state index contributed by atoms with van der Waals surface area (Å²) in [5.74, 6) is -1.06. The van der Waals surface area contributed by atoms with Gasteiger partial charge in [0.05, 0.1) is 16.1 Å². The molecule has 0 spiro atoms. The zero-order valence-electron chi connectivity index (χ0n) is 18.2. The first kappa shape index (κ1) is 21.8. The van der Waals surface area contributed by atoms with Gasteiger partial charge in [-0.3, -0.25) is 9.10 Å². The van der Waals surface area contributed by atoms with E-state index in [2.05, 4.69) is 0 Å². The summed E-state index contributed by atoms with van der Waals surface area (Å²) >= 11 is 0. The van der Waals surface area contributed by atoms with Crippen molar-refractivity contribution in [3.63, 3.8) is 0 Å². The lowest BCUT2D eigenvalue weighted by atomic mass is 10.1. The second-order valence-corrected chi connectivity index (χ2v) is 9.69. The van der Waals surface area contributed by atoms with E-state index in [1.807, 2.05) is 37.6 Å². The molecule has 0 bridgehead atoms. The van der Waals surface area contributed by atoms with Crippen LogP contribution in [0, 0.1) is 13.8 Å². The third-order valence-corrected chi connectivity index (χ3v) is 7.72. The van der Waals surface area contributed by atoms with Crippen molar-refractivity contribution in [2.45, 2.75) is 25.2 Å². The third-order valence-electron chi connectivity index (χ3n) is 5.91. The van der Waals surface area contributed by atoms with Crippen molar-refractivity contribution in [3.8, 4) is 0 Å². The van der Waals surface area contributed by atoms with E-state index < -0.39 is 22.6 Å². The van der Waals surface area contributed by atoms with Crippen LogP contribution in [0.2, 0.25) is 0 Å². The average molecular weight is 453 g/mol. The van der Waals surface area contributed by atoms with E-state index in [0.29, 0.717) is 24.2 Å². The molecule has 0 atom stereocenters. The second-order valence-electron chi connectivity index (χ2n) is 7.83. The molecule has 0 unspecified atom stereocenters. The highest BCUT2D eigenvalue weighted by molar-refractivity contribution is 7.92. The Balaban J connectivity index is 1.51. The number of carbonyl (C=O) groups excluding carboxylic acids is 2. The number of aryl methyl sites for hydroxylation is 1. The molecule has 2 heterocycles. The number of hydrogen-bond acceptors (Lipinski definition) is 5. The number of aromatic nitrogens is 1. The molecule has 1 aliphatic heterocycles. The van der Waals surface area contributed by atoms with Crippen LogP contribution in [-0.2, 0) is 28.2 Å². The zero-order valence-corrected chi connectivity index (χ0v) is 19.0. The number of esters is 1. The molecule has 0 N–H and O–H groups in total. The Morgan fingerprint density at radius 3 is 2.50 bits per heavy atom. The molecule has 0 aliphatic carbocycles. The van der Waals surface area contributed by atoms with E-state index in [9.17, 15) is 18.0 Å². The molecule has 32 heavy (non-hydrogen) atoms. The molecule has 0 fully saturated rings. The minimum absolute atomic E-state index is 0.00417. The number of nitrogens with zero attached hydrogens (tertiary/aromatic N) is 2. The van der Waals surface area contributed by atoms with Gasteiger partial charge in [-0.2, -0.15) is 0 Å². The van der Waals surface area contributed by atoms with Crippen LogP contribution in [0.4, 0.5) is 5.69 Å². The SMILES string of the molecule is Cc1cc(C(=O)COC(=O)c2cccc(S(=O)(=O)N3CCc4ccccc43)c2)c(C)n1C. The minimum atomic E-state index is -3.83. The molecule has 1 aliphatic rings. The molecule has 0 saturated carbocycles. The smallest absolute Gasteiger partial charge is 0.338 e. The lowest BCUT2D eigenvalue weighted by Crippen LogP contribution is -2.29. The molecule has 8 heteroatoms. The first-order valence-electron chi connectivity index (χ1n) is 10.2. The fourth-order valence-corrected chi connectivity index (χ4v) is 5.45. The zero-order chi connectivity index (χ0) is 23.0. The van der Waals surface area contributed by atoms with E-state index >= 15 is 0 Å². The lowest BCUT2D eigenvalue weighted by Gasteiger charge is -2.19. The van der Waals surface area contributed by atoms with Gasteiger partial charge in [0.1, 0.15) is 0 Å². The minimum Gasteiger partial charge on any atom is -0.454 e. The van der Waals surface area contributed by atoms with E-state index in [-0.39, 0.29) is 16.2 Å². The Morgan fingerprint density at radius 1 is 1.03 bits per heavy atom. The predicted molar refractivity (Wildman–Crippen MR) is 121 cm³/mol. The molecule has 2 aromatic carbocycles. The number of anilines is 1. The molecule has 0 saturated heterocycles. The maximum Gasteiger partial charge on any atom is 0.338 e. The van der Waals surface area contributed by atoms with E-state index in [1.165, 1.54) is 28.6 Å². The summed E-state index contributed by atoms with van der Waals surface area (Å²) in [6, 6.07) is 14.8. The summed E-state index contributed by atoms with van der Waals surface area (Å²) < 4.78 is 34.9. The molecule has 0 amide bonds. The number of rotatable bonds is 6. The van der Waals surface area contributed by atoms with Gasteiger partial charge in [0.2, 0.25) is 5.78 Å². The van der Waals surface area contributed by atoms with Crippen LogP contribution in [0.15, 0.2) is 59.5 Å². The van der Waals surface area contributed by atoms with Crippen molar-refractivity contribution < 1.29 is 22.7 Å². The quantitative estimate of drug-likeness (QED) is 0.423. The van der Waals surface area contributed by atoms with Gasteiger partial charge in [-0.15, -0.1) is 0 Å². The Bertz CT molecular complexity index is 1320. The van der Waals surface area contributed by atoms with Crippen molar-refractivity contribution in [2.24, 2.45) is 7.05 Å². The van der Waals surface area contributed by atoms with Crippen LogP contribution in [0.5, 0.6) is 0 Å². The third kappa shape index (κ3) is 3.82. The number of ether oxygens (including phenoxy) is 1.